The number of H-pyrrole nitrogens is 1. The maximum absolute atomic E-state index is 13.3. The van der Waals surface area contributed by atoms with Crippen molar-refractivity contribution < 1.29 is 23.0 Å². The van der Waals surface area contributed by atoms with E-state index in [-0.39, 0.29) is 0 Å². The van der Waals surface area contributed by atoms with E-state index in [0.717, 1.165) is 12.1 Å². The maximum atomic E-state index is 13.3. The number of benzene rings is 2. The number of rotatable bonds is 4. The molecule has 0 radical (unpaired) electrons. The molecule has 0 fully saturated rings. The summed E-state index contributed by atoms with van der Waals surface area (Å²) in [5.74, 6) is -0.0754. The van der Waals surface area contributed by atoms with Gasteiger partial charge in [0.05, 0.1) is 32.4 Å². The Balaban J connectivity index is 2.18. The third-order valence-corrected chi connectivity index (χ3v) is 3.46. The largest absolute Gasteiger partial charge is 0.493 e. The fourth-order valence-corrected chi connectivity index (χ4v) is 2.36. The van der Waals surface area contributed by atoms with E-state index in [9.17, 15) is 8.78 Å². The average molecular weight is 320 g/mol. The lowest BCUT2D eigenvalue weighted by atomic mass is 10.1. The Morgan fingerprint density at radius 3 is 2.04 bits per heavy atom. The van der Waals surface area contributed by atoms with Crippen LogP contribution in [0.2, 0.25) is 0 Å². The average Bonchev–Trinajstić information content (AvgIpc) is 2.96. The summed E-state index contributed by atoms with van der Waals surface area (Å²) in [5, 5.41) is 0. The van der Waals surface area contributed by atoms with E-state index < -0.39 is 11.6 Å². The third kappa shape index (κ3) is 2.54. The monoisotopic (exact) mass is 320 g/mol. The van der Waals surface area contributed by atoms with Gasteiger partial charge in [-0.05, 0) is 12.1 Å². The molecular weight excluding hydrogens is 306 g/mol. The van der Waals surface area contributed by atoms with Gasteiger partial charge in [0.25, 0.3) is 0 Å². The predicted octanol–water partition coefficient (Wildman–Crippen LogP) is 3.53. The van der Waals surface area contributed by atoms with Gasteiger partial charge in [-0.1, -0.05) is 0 Å². The topological polar surface area (TPSA) is 56.4 Å². The predicted molar refractivity (Wildman–Crippen MR) is 81.1 cm³/mol. The molecule has 0 aliphatic rings. The first-order chi connectivity index (χ1) is 11.1. The van der Waals surface area contributed by atoms with Crippen LogP contribution in [0.1, 0.15) is 0 Å². The minimum absolute atomic E-state index is 0.327. The number of nitrogens with one attached hydrogen (secondary N) is 1. The first-order valence-corrected chi connectivity index (χ1v) is 6.72. The van der Waals surface area contributed by atoms with Crippen molar-refractivity contribution in [3.05, 3.63) is 35.9 Å². The van der Waals surface area contributed by atoms with E-state index in [2.05, 4.69) is 9.97 Å². The summed E-state index contributed by atoms with van der Waals surface area (Å²) in [4.78, 5) is 7.23. The van der Waals surface area contributed by atoms with Crippen molar-refractivity contribution in [2.45, 2.75) is 0 Å². The Morgan fingerprint density at radius 1 is 0.870 bits per heavy atom. The highest BCUT2D eigenvalue weighted by molar-refractivity contribution is 5.80. The molecule has 3 aromatic rings. The van der Waals surface area contributed by atoms with Gasteiger partial charge in [0, 0.05) is 17.7 Å². The molecule has 3 rings (SSSR count). The summed E-state index contributed by atoms with van der Waals surface area (Å²) in [6.07, 6.45) is 0. The fraction of sp³-hybridized carbons (Fsp3) is 0.188. The number of fused-ring (bicyclic) bond motifs is 1. The summed E-state index contributed by atoms with van der Waals surface area (Å²) in [7, 11) is 4.52. The quantitative estimate of drug-likeness (QED) is 0.799. The standard InChI is InChI=1S/C16H14F2N2O3/c1-21-13-4-8(5-14(22-2)15(13)23-3)16-19-11-6-9(17)10(18)7-12(11)20-16/h4-7H,1-3H3,(H,19,20). The molecule has 2 aromatic carbocycles. The lowest BCUT2D eigenvalue weighted by molar-refractivity contribution is 0.324. The number of aromatic amines is 1. The van der Waals surface area contributed by atoms with Crippen LogP contribution >= 0.6 is 0 Å². The highest BCUT2D eigenvalue weighted by atomic mass is 19.2. The van der Waals surface area contributed by atoms with E-state index in [1.807, 2.05) is 0 Å². The summed E-state index contributed by atoms with van der Waals surface area (Å²) < 4.78 is 42.5. The number of hydrogen-bond acceptors (Lipinski definition) is 4. The number of aromatic nitrogens is 2. The van der Waals surface area contributed by atoms with Crippen molar-refractivity contribution in [1.29, 1.82) is 0 Å². The SMILES string of the molecule is COc1cc(-c2nc3cc(F)c(F)cc3[nH]2)cc(OC)c1OC. The van der Waals surface area contributed by atoms with E-state index in [4.69, 9.17) is 14.2 Å². The van der Waals surface area contributed by atoms with Gasteiger partial charge in [-0.15, -0.1) is 0 Å². The summed E-state index contributed by atoms with van der Waals surface area (Å²) in [6.45, 7) is 0. The molecule has 1 N–H and O–H groups in total. The van der Waals surface area contributed by atoms with Gasteiger partial charge in [0.1, 0.15) is 5.82 Å². The van der Waals surface area contributed by atoms with Gasteiger partial charge < -0.3 is 19.2 Å². The lowest BCUT2D eigenvalue weighted by Crippen LogP contribution is -1.96. The van der Waals surface area contributed by atoms with Crippen LogP contribution in [0.15, 0.2) is 24.3 Å². The number of nitrogens with zero attached hydrogens (tertiary/aromatic N) is 1. The van der Waals surface area contributed by atoms with Crippen molar-refractivity contribution in [2.75, 3.05) is 21.3 Å². The number of halogens is 2. The van der Waals surface area contributed by atoms with Gasteiger partial charge in [-0.25, -0.2) is 13.8 Å². The molecule has 0 atom stereocenters. The Bertz CT molecular complexity index is 813. The molecule has 7 heteroatoms. The molecule has 1 aromatic heterocycles. The Hall–Kier alpha value is -2.83. The zero-order chi connectivity index (χ0) is 16.6. The molecule has 1 heterocycles. The first-order valence-electron chi connectivity index (χ1n) is 6.72. The van der Waals surface area contributed by atoms with Crippen molar-refractivity contribution in [2.24, 2.45) is 0 Å². The molecule has 0 saturated carbocycles. The maximum Gasteiger partial charge on any atom is 0.203 e. The number of imidazole rings is 1. The summed E-state index contributed by atoms with van der Waals surface area (Å²) in [5.41, 5.74) is 1.36. The van der Waals surface area contributed by atoms with Crippen LogP contribution in [0.4, 0.5) is 8.78 Å². The van der Waals surface area contributed by atoms with E-state index in [0.29, 0.717) is 39.7 Å². The van der Waals surface area contributed by atoms with Crippen LogP contribution in [0.3, 0.4) is 0 Å². The van der Waals surface area contributed by atoms with Crippen molar-refractivity contribution in [1.82, 2.24) is 9.97 Å². The summed E-state index contributed by atoms with van der Waals surface area (Å²) >= 11 is 0. The molecule has 0 amide bonds. The third-order valence-electron chi connectivity index (χ3n) is 3.46. The van der Waals surface area contributed by atoms with Crippen molar-refractivity contribution in [3.63, 3.8) is 0 Å². The van der Waals surface area contributed by atoms with Crippen molar-refractivity contribution in [3.8, 4) is 28.6 Å². The van der Waals surface area contributed by atoms with Crippen LogP contribution in [0.25, 0.3) is 22.4 Å². The molecule has 0 aliphatic carbocycles. The zero-order valence-electron chi connectivity index (χ0n) is 12.7. The first kappa shape index (κ1) is 15.1. The second-order valence-electron chi connectivity index (χ2n) is 4.78. The van der Waals surface area contributed by atoms with Crippen LogP contribution in [-0.4, -0.2) is 31.3 Å². The molecule has 0 saturated heterocycles. The fourth-order valence-electron chi connectivity index (χ4n) is 2.36. The van der Waals surface area contributed by atoms with Gasteiger partial charge >= 0.3 is 0 Å². The number of hydrogen-bond donors (Lipinski definition) is 1. The highest BCUT2D eigenvalue weighted by Gasteiger charge is 2.16. The molecule has 0 aliphatic heterocycles. The van der Waals surface area contributed by atoms with Crippen LogP contribution in [0, 0.1) is 11.6 Å². The zero-order valence-corrected chi connectivity index (χ0v) is 12.7. The van der Waals surface area contributed by atoms with Gasteiger partial charge in [-0.2, -0.15) is 0 Å². The minimum Gasteiger partial charge on any atom is -0.493 e. The lowest BCUT2D eigenvalue weighted by Gasteiger charge is -2.13. The Morgan fingerprint density at radius 2 is 1.48 bits per heavy atom. The minimum atomic E-state index is -0.944. The number of methoxy groups -OCH3 is 3. The molecular formula is C16H14F2N2O3. The van der Waals surface area contributed by atoms with Crippen LogP contribution in [0.5, 0.6) is 17.2 Å². The van der Waals surface area contributed by atoms with Crippen molar-refractivity contribution >= 4 is 11.0 Å². The van der Waals surface area contributed by atoms with E-state index >= 15 is 0 Å². The van der Waals surface area contributed by atoms with Crippen LogP contribution in [-0.2, 0) is 0 Å². The Labute approximate surface area is 130 Å². The molecule has 0 unspecified atom stereocenters. The second-order valence-corrected chi connectivity index (χ2v) is 4.78. The normalized spacial score (nSPS) is 10.8. The van der Waals surface area contributed by atoms with Gasteiger partial charge in [0.2, 0.25) is 5.75 Å². The molecule has 0 spiro atoms. The van der Waals surface area contributed by atoms with E-state index in [1.54, 1.807) is 12.1 Å². The summed E-state index contributed by atoms with van der Waals surface area (Å²) in [6, 6.07) is 5.51. The van der Waals surface area contributed by atoms with Gasteiger partial charge in [-0.3, -0.25) is 0 Å². The molecule has 0 bridgehead atoms. The molecule has 23 heavy (non-hydrogen) atoms. The van der Waals surface area contributed by atoms with Gasteiger partial charge in [0.15, 0.2) is 23.1 Å². The Kier molecular flexibility index (Phi) is 3.77. The highest BCUT2D eigenvalue weighted by Crippen LogP contribution is 2.40. The van der Waals surface area contributed by atoms with E-state index in [1.165, 1.54) is 21.3 Å². The smallest absolute Gasteiger partial charge is 0.203 e. The second kappa shape index (κ2) is 5.75. The molecule has 120 valence electrons. The molecule has 5 nitrogen and oxygen atoms in total. The number of ether oxygens (including phenoxy) is 3. The van der Waals surface area contributed by atoms with Crippen LogP contribution < -0.4 is 14.2 Å².